The molecule has 0 unspecified atom stereocenters. The molecule has 2 aromatic carbocycles. The topological polar surface area (TPSA) is 72.2 Å². The summed E-state index contributed by atoms with van der Waals surface area (Å²) in [4.78, 5) is 24.3. The molecule has 0 atom stereocenters. The Kier molecular flexibility index (Phi) is 6.62. The lowest BCUT2D eigenvalue weighted by molar-refractivity contribution is -0.115. The molecule has 0 spiro atoms. The lowest BCUT2D eigenvalue weighted by atomic mass is 10.2. The van der Waals surface area contributed by atoms with Crippen LogP contribution in [-0.2, 0) is 4.79 Å². The zero-order valence-corrected chi connectivity index (χ0v) is 14.0. The molecule has 24 heavy (non-hydrogen) atoms. The van der Waals surface area contributed by atoms with Crippen molar-refractivity contribution in [1.29, 1.82) is 0 Å². The first-order valence-corrected chi connectivity index (χ1v) is 8.68. The summed E-state index contributed by atoms with van der Waals surface area (Å²) in [5.41, 5.74) is 6.03. The van der Waals surface area contributed by atoms with Crippen LogP contribution >= 0.6 is 23.5 Å². The molecule has 2 amide bonds. The van der Waals surface area contributed by atoms with E-state index in [0.29, 0.717) is 32.8 Å². The van der Waals surface area contributed by atoms with Crippen molar-refractivity contribution < 1.29 is 18.4 Å². The van der Waals surface area contributed by atoms with Gasteiger partial charge < -0.3 is 11.1 Å². The number of alkyl halides is 2. The van der Waals surface area contributed by atoms with E-state index >= 15 is 0 Å². The summed E-state index contributed by atoms with van der Waals surface area (Å²) < 4.78 is 24.6. The Labute approximate surface area is 146 Å². The highest BCUT2D eigenvalue weighted by Gasteiger charge is 2.13. The molecule has 0 heterocycles. The van der Waals surface area contributed by atoms with Crippen LogP contribution in [0.15, 0.2) is 58.3 Å². The molecule has 0 saturated carbocycles. The van der Waals surface area contributed by atoms with Crippen molar-refractivity contribution in [2.75, 3.05) is 11.1 Å². The molecule has 0 fully saturated rings. The first-order chi connectivity index (χ1) is 11.5. The molecule has 126 valence electrons. The Morgan fingerprint density at radius 3 is 2.38 bits per heavy atom. The van der Waals surface area contributed by atoms with Gasteiger partial charge in [-0.05, 0) is 36.4 Å². The average molecular weight is 368 g/mol. The van der Waals surface area contributed by atoms with Gasteiger partial charge >= 0.3 is 0 Å². The summed E-state index contributed by atoms with van der Waals surface area (Å²) in [6, 6.07) is 13.0. The van der Waals surface area contributed by atoms with Crippen molar-refractivity contribution >= 4 is 41.0 Å². The van der Waals surface area contributed by atoms with Crippen LogP contribution in [0.1, 0.15) is 10.4 Å². The Hall–Kier alpha value is -2.06. The fourth-order valence-corrected chi connectivity index (χ4v) is 3.13. The van der Waals surface area contributed by atoms with Crippen LogP contribution in [0.5, 0.6) is 0 Å². The smallest absolute Gasteiger partial charge is 0.288 e. The maximum Gasteiger partial charge on any atom is 0.288 e. The fourth-order valence-electron chi connectivity index (χ4n) is 1.85. The summed E-state index contributed by atoms with van der Waals surface area (Å²) >= 11 is 1.62. The van der Waals surface area contributed by atoms with Crippen LogP contribution in [0.3, 0.4) is 0 Å². The summed E-state index contributed by atoms with van der Waals surface area (Å²) in [5, 5.41) is 2.70. The van der Waals surface area contributed by atoms with Gasteiger partial charge in [-0.2, -0.15) is 8.78 Å². The van der Waals surface area contributed by atoms with Gasteiger partial charge in [-0.1, -0.05) is 23.9 Å². The van der Waals surface area contributed by atoms with Crippen molar-refractivity contribution in [2.45, 2.75) is 15.5 Å². The van der Waals surface area contributed by atoms with Gasteiger partial charge in [-0.15, -0.1) is 11.8 Å². The monoisotopic (exact) mass is 368 g/mol. The van der Waals surface area contributed by atoms with E-state index in [1.54, 1.807) is 36.4 Å². The van der Waals surface area contributed by atoms with Gasteiger partial charge in [0.2, 0.25) is 5.91 Å². The van der Waals surface area contributed by atoms with E-state index in [-0.39, 0.29) is 11.7 Å². The third kappa shape index (κ3) is 5.54. The number of carbonyl (C=O) groups excluding carboxylic acids is 2. The average Bonchev–Trinajstić information content (AvgIpc) is 2.54. The van der Waals surface area contributed by atoms with E-state index < -0.39 is 11.7 Å². The number of amides is 2. The van der Waals surface area contributed by atoms with E-state index in [4.69, 9.17) is 5.73 Å². The van der Waals surface area contributed by atoms with Crippen LogP contribution in [-0.4, -0.2) is 23.3 Å². The van der Waals surface area contributed by atoms with Crippen LogP contribution < -0.4 is 11.1 Å². The molecule has 2 rings (SSSR count). The Morgan fingerprint density at radius 2 is 1.75 bits per heavy atom. The molecule has 0 aliphatic carbocycles. The largest absolute Gasteiger partial charge is 0.369 e. The molecular weight excluding hydrogens is 354 g/mol. The number of benzene rings is 2. The second-order valence-electron chi connectivity index (χ2n) is 4.61. The van der Waals surface area contributed by atoms with Crippen molar-refractivity contribution in [3.8, 4) is 0 Å². The number of rotatable bonds is 7. The quantitative estimate of drug-likeness (QED) is 0.729. The van der Waals surface area contributed by atoms with Gasteiger partial charge in [0.05, 0.1) is 11.3 Å². The van der Waals surface area contributed by atoms with Crippen molar-refractivity contribution in [3.05, 3.63) is 54.1 Å². The second-order valence-corrected chi connectivity index (χ2v) is 6.69. The number of nitrogens with two attached hydrogens (primary N) is 1. The van der Waals surface area contributed by atoms with Gasteiger partial charge in [0.1, 0.15) is 0 Å². The predicted octanol–water partition coefficient (Wildman–Crippen LogP) is 3.83. The third-order valence-corrected chi connectivity index (χ3v) is 4.66. The summed E-state index contributed by atoms with van der Waals surface area (Å²) in [6.45, 7) is 0. The number of thioether (sulfide) groups is 2. The predicted molar refractivity (Wildman–Crippen MR) is 92.6 cm³/mol. The Bertz CT molecular complexity index is 724. The standard InChI is InChI=1S/C16H14F2N2O2S2/c17-16(18)24-11-7-5-10(6-8-11)20-15(22)12-3-1-2-4-13(12)23-9-14(19)21/h1-8,16H,9H2,(H2,19,21)(H,20,22). The number of anilines is 1. The number of nitrogens with one attached hydrogen (secondary N) is 1. The number of primary amides is 1. The number of carbonyl (C=O) groups is 2. The zero-order valence-electron chi connectivity index (χ0n) is 12.4. The molecule has 4 nitrogen and oxygen atoms in total. The van der Waals surface area contributed by atoms with Gasteiger partial charge in [-0.25, -0.2) is 0 Å². The van der Waals surface area contributed by atoms with E-state index in [9.17, 15) is 18.4 Å². The minimum Gasteiger partial charge on any atom is -0.369 e. The molecule has 0 aromatic heterocycles. The first-order valence-electron chi connectivity index (χ1n) is 6.82. The highest BCUT2D eigenvalue weighted by molar-refractivity contribution is 8.00. The lowest BCUT2D eigenvalue weighted by Crippen LogP contribution is -2.15. The van der Waals surface area contributed by atoms with Gasteiger partial charge in [0.15, 0.2) is 0 Å². The van der Waals surface area contributed by atoms with Crippen molar-refractivity contribution in [1.82, 2.24) is 0 Å². The molecule has 0 saturated heterocycles. The van der Waals surface area contributed by atoms with E-state index in [1.807, 2.05) is 0 Å². The Morgan fingerprint density at radius 1 is 1.08 bits per heavy atom. The maximum atomic E-state index is 12.4. The zero-order chi connectivity index (χ0) is 17.5. The second kappa shape index (κ2) is 8.70. The summed E-state index contributed by atoms with van der Waals surface area (Å²) in [6.07, 6.45) is 0. The summed E-state index contributed by atoms with van der Waals surface area (Å²) in [5.74, 6) is -3.23. The first kappa shape index (κ1) is 18.3. The van der Waals surface area contributed by atoms with E-state index in [2.05, 4.69) is 5.32 Å². The third-order valence-electron chi connectivity index (χ3n) is 2.84. The Balaban J connectivity index is 2.08. The van der Waals surface area contributed by atoms with Gasteiger partial charge in [0.25, 0.3) is 11.7 Å². The molecule has 3 N–H and O–H groups in total. The van der Waals surface area contributed by atoms with Gasteiger partial charge in [-0.3, -0.25) is 9.59 Å². The SMILES string of the molecule is NC(=O)CSc1ccccc1C(=O)Nc1ccc(SC(F)F)cc1. The van der Waals surface area contributed by atoms with Crippen molar-refractivity contribution in [3.63, 3.8) is 0 Å². The molecule has 0 aliphatic heterocycles. The maximum absolute atomic E-state index is 12.4. The van der Waals surface area contributed by atoms with E-state index in [0.717, 1.165) is 0 Å². The van der Waals surface area contributed by atoms with E-state index in [1.165, 1.54) is 23.9 Å². The highest BCUT2D eigenvalue weighted by atomic mass is 32.2. The lowest BCUT2D eigenvalue weighted by Gasteiger charge is -2.10. The molecular formula is C16H14F2N2O2S2. The van der Waals surface area contributed by atoms with Crippen molar-refractivity contribution in [2.24, 2.45) is 5.73 Å². The molecule has 2 aromatic rings. The fraction of sp³-hybridized carbons (Fsp3) is 0.125. The molecule has 8 heteroatoms. The van der Waals surface area contributed by atoms with Crippen LogP contribution in [0.4, 0.5) is 14.5 Å². The number of hydrogen-bond acceptors (Lipinski definition) is 4. The minimum atomic E-state index is -2.49. The van der Waals surface area contributed by atoms with Crippen LogP contribution in [0.2, 0.25) is 0 Å². The number of hydrogen-bond donors (Lipinski definition) is 2. The summed E-state index contributed by atoms with van der Waals surface area (Å²) in [7, 11) is 0. The molecule has 0 bridgehead atoms. The minimum absolute atomic E-state index is 0.0733. The molecule has 0 radical (unpaired) electrons. The number of halogens is 2. The molecule has 0 aliphatic rings. The van der Waals surface area contributed by atoms with Crippen LogP contribution in [0, 0.1) is 0 Å². The van der Waals surface area contributed by atoms with Gasteiger partial charge in [0, 0.05) is 15.5 Å². The van der Waals surface area contributed by atoms with Crippen LogP contribution in [0.25, 0.3) is 0 Å². The highest BCUT2D eigenvalue weighted by Crippen LogP contribution is 2.27. The normalized spacial score (nSPS) is 10.6.